The van der Waals surface area contributed by atoms with Gasteiger partial charge in [-0.15, -0.1) is 0 Å². The SMILES string of the molecule is CCC(C)(C)C(=O)OC1CC2CC1[C@H]1C(=O)OCC21. The molecular formula is C15H22O4. The molecule has 2 saturated carbocycles. The van der Waals surface area contributed by atoms with Crippen molar-refractivity contribution in [2.24, 2.45) is 29.1 Å². The number of carbonyl (C=O) groups is 2. The predicted molar refractivity (Wildman–Crippen MR) is 68.1 cm³/mol. The number of rotatable bonds is 3. The van der Waals surface area contributed by atoms with E-state index in [0.29, 0.717) is 18.4 Å². The van der Waals surface area contributed by atoms with Gasteiger partial charge in [0.1, 0.15) is 6.10 Å². The highest BCUT2D eigenvalue weighted by Crippen LogP contribution is 2.56. The minimum absolute atomic E-state index is 0.0127. The predicted octanol–water partition coefficient (Wildman–Crippen LogP) is 2.16. The van der Waals surface area contributed by atoms with Crippen molar-refractivity contribution in [2.75, 3.05) is 6.61 Å². The molecule has 1 aliphatic heterocycles. The molecule has 3 aliphatic rings. The first-order valence-electron chi connectivity index (χ1n) is 7.31. The van der Waals surface area contributed by atoms with Crippen molar-refractivity contribution in [2.45, 2.75) is 46.1 Å². The van der Waals surface area contributed by atoms with Gasteiger partial charge in [-0.3, -0.25) is 9.59 Å². The fraction of sp³-hybridized carbons (Fsp3) is 0.867. The zero-order chi connectivity index (χ0) is 13.8. The molecule has 5 atom stereocenters. The molecule has 19 heavy (non-hydrogen) atoms. The molecule has 0 amide bonds. The first-order valence-corrected chi connectivity index (χ1v) is 7.31. The van der Waals surface area contributed by atoms with Gasteiger partial charge < -0.3 is 9.47 Å². The van der Waals surface area contributed by atoms with Gasteiger partial charge in [-0.05, 0) is 39.0 Å². The van der Waals surface area contributed by atoms with E-state index in [1.165, 1.54) is 0 Å². The van der Waals surface area contributed by atoms with Crippen molar-refractivity contribution in [3.63, 3.8) is 0 Å². The maximum Gasteiger partial charge on any atom is 0.311 e. The summed E-state index contributed by atoms with van der Waals surface area (Å²) in [4.78, 5) is 23.9. The maximum atomic E-state index is 12.2. The van der Waals surface area contributed by atoms with Crippen LogP contribution >= 0.6 is 0 Å². The number of hydrogen-bond acceptors (Lipinski definition) is 4. The van der Waals surface area contributed by atoms with Crippen molar-refractivity contribution >= 4 is 11.9 Å². The van der Waals surface area contributed by atoms with Gasteiger partial charge in [0.2, 0.25) is 0 Å². The van der Waals surface area contributed by atoms with Crippen LogP contribution in [-0.2, 0) is 19.1 Å². The molecule has 0 spiro atoms. The molecule has 3 rings (SSSR count). The van der Waals surface area contributed by atoms with E-state index in [4.69, 9.17) is 9.47 Å². The lowest BCUT2D eigenvalue weighted by molar-refractivity contribution is -0.165. The molecule has 2 aliphatic carbocycles. The molecule has 3 fully saturated rings. The topological polar surface area (TPSA) is 52.6 Å². The largest absolute Gasteiger partial charge is 0.465 e. The minimum atomic E-state index is -0.433. The fourth-order valence-corrected chi connectivity index (χ4v) is 3.85. The van der Waals surface area contributed by atoms with Gasteiger partial charge in [0, 0.05) is 11.8 Å². The van der Waals surface area contributed by atoms with Crippen LogP contribution in [0.25, 0.3) is 0 Å². The van der Waals surface area contributed by atoms with E-state index < -0.39 is 5.41 Å². The van der Waals surface area contributed by atoms with Crippen molar-refractivity contribution < 1.29 is 19.1 Å². The van der Waals surface area contributed by atoms with Gasteiger partial charge in [0.05, 0.1) is 17.9 Å². The van der Waals surface area contributed by atoms with Crippen LogP contribution < -0.4 is 0 Å². The van der Waals surface area contributed by atoms with E-state index in [-0.39, 0.29) is 29.9 Å². The van der Waals surface area contributed by atoms with Crippen LogP contribution in [0.5, 0.6) is 0 Å². The van der Waals surface area contributed by atoms with E-state index in [1.54, 1.807) is 0 Å². The smallest absolute Gasteiger partial charge is 0.311 e. The molecule has 0 N–H and O–H groups in total. The zero-order valence-electron chi connectivity index (χ0n) is 11.8. The Hall–Kier alpha value is -1.06. The molecule has 2 bridgehead atoms. The Kier molecular flexibility index (Phi) is 2.88. The highest BCUT2D eigenvalue weighted by molar-refractivity contribution is 5.77. The lowest BCUT2D eigenvalue weighted by atomic mass is 9.79. The summed E-state index contributed by atoms with van der Waals surface area (Å²) in [6, 6.07) is 0. The highest BCUT2D eigenvalue weighted by atomic mass is 16.6. The molecule has 4 nitrogen and oxygen atoms in total. The van der Waals surface area contributed by atoms with Crippen molar-refractivity contribution in [3.05, 3.63) is 0 Å². The molecule has 0 aromatic carbocycles. The van der Waals surface area contributed by atoms with Gasteiger partial charge in [0.25, 0.3) is 0 Å². The molecule has 0 aromatic heterocycles. The van der Waals surface area contributed by atoms with Crippen LogP contribution in [0, 0.1) is 29.1 Å². The van der Waals surface area contributed by atoms with E-state index in [2.05, 4.69) is 0 Å². The molecule has 1 heterocycles. The summed E-state index contributed by atoms with van der Waals surface area (Å²) in [6.45, 7) is 6.39. The first kappa shape index (κ1) is 12.9. The normalized spacial score (nSPS) is 40.2. The molecular weight excluding hydrogens is 244 g/mol. The summed E-state index contributed by atoms with van der Waals surface area (Å²) in [5.41, 5.74) is -0.433. The van der Waals surface area contributed by atoms with Crippen molar-refractivity contribution in [1.82, 2.24) is 0 Å². The number of hydrogen-bond donors (Lipinski definition) is 0. The monoisotopic (exact) mass is 266 g/mol. The van der Waals surface area contributed by atoms with Gasteiger partial charge in [-0.25, -0.2) is 0 Å². The van der Waals surface area contributed by atoms with Crippen LogP contribution in [0.15, 0.2) is 0 Å². The second kappa shape index (κ2) is 4.22. The average Bonchev–Trinajstić information content (AvgIpc) is 3.02. The Morgan fingerprint density at radius 1 is 1.37 bits per heavy atom. The first-order chi connectivity index (χ1) is 8.94. The number of carbonyl (C=O) groups excluding carboxylic acids is 2. The fourth-order valence-electron chi connectivity index (χ4n) is 3.85. The van der Waals surface area contributed by atoms with Gasteiger partial charge in [0.15, 0.2) is 0 Å². The van der Waals surface area contributed by atoms with Crippen LogP contribution in [0.2, 0.25) is 0 Å². The second-order valence-corrected chi connectivity index (χ2v) is 6.90. The van der Waals surface area contributed by atoms with E-state index in [0.717, 1.165) is 19.3 Å². The third-order valence-corrected chi connectivity index (χ3v) is 5.50. The summed E-state index contributed by atoms with van der Waals surface area (Å²) in [5, 5.41) is 0. The summed E-state index contributed by atoms with van der Waals surface area (Å²) < 4.78 is 10.9. The lowest BCUT2D eigenvalue weighted by Gasteiger charge is -2.31. The Balaban J connectivity index is 1.69. The molecule has 4 heteroatoms. The average molecular weight is 266 g/mol. The van der Waals surface area contributed by atoms with Crippen molar-refractivity contribution in [1.29, 1.82) is 0 Å². The summed E-state index contributed by atoms with van der Waals surface area (Å²) in [6.07, 6.45) is 2.62. The number of esters is 2. The molecule has 106 valence electrons. The molecule has 4 unspecified atom stereocenters. The van der Waals surface area contributed by atoms with Crippen LogP contribution in [-0.4, -0.2) is 24.6 Å². The molecule has 0 aromatic rings. The Morgan fingerprint density at radius 2 is 2.11 bits per heavy atom. The summed E-state index contributed by atoms with van der Waals surface area (Å²) in [7, 11) is 0. The van der Waals surface area contributed by atoms with Crippen LogP contribution in [0.4, 0.5) is 0 Å². The number of cyclic esters (lactones) is 1. The third kappa shape index (κ3) is 1.87. The standard InChI is InChI=1S/C15H22O4/c1-4-15(2,3)14(17)19-11-6-8-5-9(11)12-10(8)7-18-13(12)16/h8-12H,4-7H2,1-3H3/t8?,9?,10?,11?,12-/m1/s1. The maximum absolute atomic E-state index is 12.2. The molecule has 1 saturated heterocycles. The Labute approximate surface area is 113 Å². The lowest BCUT2D eigenvalue weighted by Crippen LogP contribution is -2.38. The zero-order valence-corrected chi connectivity index (χ0v) is 11.8. The summed E-state index contributed by atoms with van der Waals surface area (Å²) >= 11 is 0. The van der Waals surface area contributed by atoms with Crippen molar-refractivity contribution in [3.8, 4) is 0 Å². The second-order valence-electron chi connectivity index (χ2n) is 6.90. The third-order valence-electron chi connectivity index (χ3n) is 5.50. The van der Waals surface area contributed by atoms with Gasteiger partial charge >= 0.3 is 11.9 Å². The van der Waals surface area contributed by atoms with E-state index in [9.17, 15) is 9.59 Å². The Morgan fingerprint density at radius 3 is 2.79 bits per heavy atom. The van der Waals surface area contributed by atoms with Crippen LogP contribution in [0.1, 0.15) is 40.0 Å². The minimum Gasteiger partial charge on any atom is -0.465 e. The molecule has 0 radical (unpaired) electrons. The van der Waals surface area contributed by atoms with Crippen LogP contribution in [0.3, 0.4) is 0 Å². The Bertz CT molecular complexity index is 414. The number of fused-ring (bicyclic) bond motifs is 5. The highest BCUT2D eigenvalue weighted by Gasteiger charge is 2.60. The number of ether oxygens (including phenoxy) is 2. The van der Waals surface area contributed by atoms with E-state index in [1.807, 2.05) is 20.8 Å². The quantitative estimate of drug-likeness (QED) is 0.735. The summed E-state index contributed by atoms with van der Waals surface area (Å²) in [5.74, 6) is 0.863. The van der Waals surface area contributed by atoms with Gasteiger partial charge in [-0.1, -0.05) is 6.92 Å². The van der Waals surface area contributed by atoms with E-state index >= 15 is 0 Å². The van der Waals surface area contributed by atoms with Gasteiger partial charge in [-0.2, -0.15) is 0 Å².